The van der Waals surface area contributed by atoms with Gasteiger partial charge in [0.1, 0.15) is 0 Å². The lowest BCUT2D eigenvalue weighted by molar-refractivity contribution is -0.137. The Morgan fingerprint density at radius 2 is 2.33 bits per heavy atom. The third-order valence-corrected chi connectivity index (χ3v) is 4.21. The van der Waals surface area contributed by atoms with Crippen molar-refractivity contribution in [3.8, 4) is 0 Å². The van der Waals surface area contributed by atoms with Crippen molar-refractivity contribution in [2.45, 2.75) is 51.0 Å². The topological polar surface area (TPSA) is 59.3 Å². The summed E-state index contributed by atoms with van der Waals surface area (Å²) in [7, 11) is 0. The van der Waals surface area contributed by atoms with E-state index in [1.165, 1.54) is 0 Å². The molecule has 0 fully saturated rings. The maximum Gasteiger partial charge on any atom is 0.303 e. The quantitative estimate of drug-likeness (QED) is 0.816. The van der Waals surface area contributed by atoms with Gasteiger partial charge in [0.15, 0.2) is 6.29 Å². The van der Waals surface area contributed by atoms with Gasteiger partial charge in [-0.3, -0.25) is 9.59 Å². The molecular formula is C14H19NO3. The minimum atomic E-state index is -0.748. The van der Waals surface area contributed by atoms with Crippen LogP contribution in [0.1, 0.15) is 55.2 Å². The number of aldehydes is 1. The standard InChI is InChI=1S/C14H19NO3/c1-2-14(8-6-13(17)18)7-3-9-15-11(10-16)4-5-12(14)15/h4-5,10H,2-3,6-9H2,1H3,(H,17,18). The fraction of sp³-hybridized carbons (Fsp3) is 0.571. The molecule has 98 valence electrons. The Hall–Kier alpha value is -1.58. The van der Waals surface area contributed by atoms with Crippen molar-refractivity contribution in [1.82, 2.24) is 4.57 Å². The lowest BCUT2D eigenvalue weighted by Gasteiger charge is -2.38. The molecule has 0 amide bonds. The maximum atomic E-state index is 11.0. The Balaban J connectivity index is 2.36. The summed E-state index contributed by atoms with van der Waals surface area (Å²) in [5.41, 5.74) is 1.77. The van der Waals surface area contributed by atoms with Crippen LogP contribution in [-0.4, -0.2) is 21.9 Å². The van der Waals surface area contributed by atoms with E-state index in [-0.39, 0.29) is 11.8 Å². The molecule has 1 aliphatic rings. The van der Waals surface area contributed by atoms with Crippen LogP contribution < -0.4 is 0 Å². The van der Waals surface area contributed by atoms with Gasteiger partial charge >= 0.3 is 5.97 Å². The third kappa shape index (κ3) is 2.07. The minimum Gasteiger partial charge on any atom is -0.481 e. The van der Waals surface area contributed by atoms with Gasteiger partial charge in [-0.05, 0) is 37.8 Å². The van der Waals surface area contributed by atoms with Gasteiger partial charge in [0.25, 0.3) is 0 Å². The molecule has 2 rings (SSSR count). The summed E-state index contributed by atoms with van der Waals surface area (Å²) in [6, 6.07) is 3.84. The minimum absolute atomic E-state index is 0.0715. The molecule has 1 unspecified atom stereocenters. The number of carbonyl (C=O) groups excluding carboxylic acids is 1. The molecule has 0 radical (unpaired) electrons. The van der Waals surface area contributed by atoms with Gasteiger partial charge in [0.05, 0.1) is 5.69 Å². The van der Waals surface area contributed by atoms with Gasteiger partial charge in [0, 0.05) is 24.1 Å². The number of carboxylic acids is 1. The predicted molar refractivity (Wildman–Crippen MR) is 67.9 cm³/mol. The monoisotopic (exact) mass is 249 g/mol. The second kappa shape index (κ2) is 4.96. The lowest BCUT2D eigenvalue weighted by atomic mass is 9.72. The zero-order valence-corrected chi connectivity index (χ0v) is 10.7. The second-order valence-electron chi connectivity index (χ2n) is 5.04. The number of aliphatic carboxylic acids is 1. The molecule has 2 heterocycles. The Morgan fingerprint density at radius 1 is 1.56 bits per heavy atom. The Kier molecular flexibility index (Phi) is 3.55. The van der Waals surface area contributed by atoms with E-state index in [1.807, 2.05) is 12.1 Å². The van der Waals surface area contributed by atoms with Crippen LogP contribution in [0.25, 0.3) is 0 Å². The summed E-state index contributed by atoms with van der Waals surface area (Å²) in [5, 5.41) is 8.89. The van der Waals surface area contributed by atoms with E-state index in [0.29, 0.717) is 12.1 Å². The van der Waals surface area contributed by atoms with Crippen molar-refractivity contribution in [1.29, 1.82) is 0 Å². The number of rotatable bonds is 5. The van der Waals surface area contributed by atoms with Crippen LogP contribution in [0.3, 0.4) is 0 Å². The molecule has 4 nitrogen and oxygen atoms in total. The number of carboxylic acid groups (broad SMARTS) is 1. The van der Waals surface area contributed by atoms with Crippen molar-refractivity contribution in [2.24, 2.45) is 0 Å². The number of hydrogen-bond donors (Lipinski definition) is 1. The van der Waals surface area contributed by atoms with Crippen molar-refractivity contribution in [3.63, 3.8) is 0 Å². The van der Waals surface area contributed by atoms with Gasteiger partial charge < -0.3 is 9.67 Å². The summed E-state index contributed by atoms with van der Waals surface area (Å²) < 4.78 is 2.06. The first-order valence-corrected chi connectivity index (χ1v) is 6.50. The number of aromatic nitrogens is 1. The van der Waals surface area contributed by atoms with Gasteiger partial charge in [-0.2, -0.15) is 0 Å². The van der Waals surface area contributed by atoms with Crippen LogP contribution in [0.5, 0.6) is 0 Å². The molecule has 0 saturated carbocycles. The molecule has 0 bridgehead atoms. The lowest BCUT2D eigenvalue weighted by Crippen LogP contribution is -2.34. The van der Waals surface area contributed by atoms with Crippen molar-refractivity contribution >= 4 is 12.3 Å². The Bertz CT molecular complexity index is 464. The van der Waals surface area contributed by atoms with E-state index in [2.05, 4.69) is 11.5 Å². The highest BCUT2D eigenvalue weighted by Gasteiger charge is 2.36. The van der Waals surface area contributed by atoms with Gasteiger partial charge in [-0.25, -0.2) is 0 Å². The van der Waals surface area contributed by atoms with Crippen LogP contribution in [0, 0.1) is 0 Å². The van der Waals surface area contributed by atoms with Crippen molar-refractivity contribution in [2.75, 3.05) is 0 Å². The molecule has 1 atom stereocenters. The number of hydrogen-bond acceptors (Lipinski definition) is 2. The zero-order chi connectivity index (χ0) is 13.2. The summed E-state index contributed by atoms with van der Waals surface area (Å²) in [6.45, 7) is 2.97. The van der Waals surface area contributed by atoms with E-state index >= 15 is 0 Å². The van der Waals surface area contributed by atoms with E-state index < -0.39 is 5.97 Å². The third-order valence-electron chi connectivity index (χ3n) is 4.21. The molecule has 4 heteroatoms. The van der Waals surface area contributed by atoms with Crippen LogP contribution in [0.2, 0.25) is 0 Å². The molecule has 1 N–H and O–H groups in total. The van der Waals surface area contributed by atoms with Crippen LogP contribution in [-0.2, 0) is 16.8 Å². The van der Waals surface area contributed by atoms with Gasteiger partial charge in [-0.15, -0.1) is 0 Å². The number of carbonyl (C=O) groups is 2. The normalized spacial score (nSPS) is 22.5. The molecule has 1 aromatic rings. The molecule has 1 aromatic heterocycles. The van der Waals surface area contributed by atoms with E-state index in [9.17, 15) is 9.59 Å². The van der Waals surface area contributed by atoms with E-state index in [0.717, 1.165) is 37.8 Å². The smallest absolute Gasteiger partial charge is 0.303 e. The van der Waals surface area contributed by atoms with Crippen molar-refractivity contribution < 1.29 is 14.7 Å². The molecule has 0 aliphatic carbocycles. The Morgan fingerprint density at radius 3 is 2.94 bits per heavy atom. The average molecular weight is 249 g/mol. The Labute approximate surface area is 107 Å². The van der Waals surface area contributed by atoms with Crippen LogP contribution >= 0.6 is 0 Å². The first-order chi connectivity index (χ1) is 8.63. The molecular weight excluding hydrogens is 230 g/mol. The molecule has 1 aliphatic heterocycles. The molecule has 0 spiro atoms. The van der Waals surface area contributed by atoms with Crippen molar-refractivity contribution in [3.05, 3.63) is 23.5 Å². The highest BCUT2D eigenvalue weighted by Crippen LogP contribution is 2.41. The molecule has 0 saturated heterocycles. The molecule has 0 aromatic carbocycles. The largest absolute Gasteiger partial charge is 0.481 e. The fourth-order valence-corrected chi connectivity index (χ4v) is 3.14. The summed E-state index contributed by atoms with van der Waals surface area (Å²) in [6.07, 6.45) is 4.67. The fourth-order valence-electron chi connectivity index (χ4n) is 3.14. The number of nitrogens with zero attached hydrogens (tertiary/aromatic N) is 1. The number of fused-ring (bicyclic) bond motifs is 1. The average Bonchev–Trinajstić information content (AvgIpc) is 2.80. The first-order valence-electron chi connectivity index (χ1n) is 6.50. The van der Waals surface area contributed by atoms with Gasteiger partial charge in [-0.1, -0.05) is 6.92 Å². The highest BCUT2D eigenvalue weighted by atomic mass is 16.4. The SMILES string of the molecule is CCC1(CCC(=O)O)CCCn2c(C=O)ccc21. The van der Waals surface area contributed by atoms with Crippen LogP contribution in [0.4, 0.5) is 0 Å². The van der Waals surface area contributed by atoms with Crippen LogP contribution in [0.15, 0.2) is 12.1 Å². The summed E-state index contributed by atoms with van der Waals surface area (Å²) >= 11 is 0. The van der Waals surface area contributed by atoms with Gasteiger partial charge in [0.2, 0.25) is 0 Å². The first kappa shape index (κ1) is 12.9. The maximum absolute atomic E-state index is 11.0. The second-order valence-corrected chi connectivity index (χ2v) is 5.04. The van der Waals surface area contributed by atoms with E-state index in [1.54, 1.807) is 0 Å². The highest BCUT2D eigenvalue weighted by molar-refractivity contribution is 5.73. The summed E-state index contributed by atoms with van der Waals surface area (Å²) in [5.74, 6) is -0.748. The van der Waals surface area contributed by atoms with E-state index in [4.69, 9.17) is 5.11 Å². The molecule has 18 heavy (non-hydrogen) atoms. The summed E-state index contributed by atoms with van der Waals surface area (Å²) in [4.78, 5) is 21.8. The predicted octanol–water partition coefficient (Wildman–Crippen LogP) is 2.61. The zero-order valence-electron chi connectivity index (χ0n) is 10.7.